The number of benzene rings is 1. The number of nitrogens with one attached hydrogen (secondary N) is 1. The lowest BCUT2D eigenvalue weighted by molar-refractivity contribution is 0.645. The van der Waals surface area contributed by atoms with Gasteiger partial charge in [0.1, 0.15) is 0 Å². The van der Waals surface area contributed by atoms with Crippen LogP contribution in [0.15, 0.2) is 28.7 Å². The summed E-state index contributed by atoms with van der Waals surface area (Å²) in [5.41, 5.74) is 6.59. The van der Waals surface area contributed by atoms with Crippen molar-refractivity contribution in [3.63, 3.8) is 0 Å². The van der Waals surface area contributed by atoms with Gasteiger partial charge in [0.25, 0.3) is 0 Å². The van der Waals surface area contributed by atoms with Crippen molar-refractivity contribution in [3.8, 4) is 0 Å². The maximum atomic E-state index is 5.73. The normalized spacial score (nSPS) is 12.7. The van der Waals surface area contributed by atoms with E-state index in [1.807, 2.05) is 0 Å². The molecular weight excluding hydrogens is 308 g/mol. The fourth-order valence-corrected chi connectivity index (χ4v) is 3.29. The van der Waals surface area contributed by atoms with Gasteiger partial charge in [-0.1, -0.05) is 28.1 Å². The third-order valence-corrected chi connectivity index (χ3v) is 5.32. The van der Waals surface area contributed by atoms with Crippen molar-refractivity contribution < 1.29 is 0 Å². The third kappa shape index (κ3) is 2.67. The highest BCUT2D eigenvalue weighted by molar-refractivity contribution is 9.10. The van der Waals surface area contributed by atoms with E-state index in [4.69, 9.17) is 5.84 Å². The molecule has 3 N–H and O–H groups in total. The van der Waals surface area contributed by atoms with E-state index in [1.54, 1.807) is 11.3 Å². The highest BCUT2D eigenvalue weighted by atomic mass is 79.9. The lowest BCUT2D eigenvalue weighted by Crippen LogP contribution is -2.28. The van der Waals surface area contributed by atoms with Crippen LogP contribution in [-0.2, 0) is 0 Å². The first-order valence-electron chi connectivity index (χ1n) is 5.82. The van der Waals surface area contributed by atoms with Crippen LogP contribution >= 0.6 is 27.3 Å². The number of nitrogens with two attached hydrogens (primary N) is 1. The predicted octanol–water partition coefficient (Wildman–Crippen LogP) is 3.99. The lowest BCUT2D eigenvalue weighted by Gasteiger charge is -2.17. The second-order valence-corrected chi connectivity index (χ2v) is 6.63. The number of hydrogen-bond donors (Lipinski definition) is 2. The Bertz CT molecular complexity index is 540. The second kappa shape index (κ2) is 5.53. The molecule has 0 aliphatic heterocycles. The summed E-state index contributed by atoms with van der Waals surface area (Å²) in [5.74, 6) is 5.73. The molecule has 2 nitrogen and oxygen atoms in total. The maximum absolute atomic E-state index is 5.73. The number of aryl methyl sites for hydroxylation is 3. The molecule has 0 radical (unpaired) electrons. The second-order valence-electron chi connectivity index (χ2n) is 4.52. The van der Waals surface area contributed by atoms with Gasteiger partial charge in [0.05, 0.1) is 6.04 Å². The first kappa shape index (κ1) is 13.7. The summed E-state index contributed by atoms with van der Waals surface area (Å²) in [6, 6.07) is 8.68. The number of rotatable bonds is 3. The summed E-state index contributed by atoms with van der Waals surface area (Å²) in [7, 11) is 0. The molecule has 0 aliphatic rings. The zero-order chi connectivity index (χ0) is 13.3. The van der Waals surface area contributed by atoms with Crippen LogP contribution in [0.4, 0.5) is 0 Å². The van der Waals surface area contributed by atoms with E-state index < -0.39 is 0 Å². The summed E-state index contributed by atoms with van der Waals surface area (Å²) in [5, 5.41) is 0. The zero-order valence-corrected chi connectivity index (χ0v) is 13.2. The molecule has 1 aromatic carbocycles. The summed E-state index contributed by atoms with van der Waals surface area (Å²) >= 11 is 5.37. The SMILES string of the molecule is Cc1ccc(C(NN)c2cc(C)c(Br)c(C)c2)s1. The van der Waals surface area contributed by atoms with Crippen LogP contribution in [0, 0.1) is 20.8 Å². The quantitative estimate of drug-likeness (QED) is 0.661. The van der Waals surface area contributed by atoms with Crippen LogP contribution in [0.2, 0.25) is 0 Å². The summed E-state index contributed by atoms with van der Waals surface area (Å²) in [6.45, 7) is 6.32. The molecule has 18 heavy (non-hydrogen) atoms. The van der Waals surface area contributed by atoms with Crippen LogP contribution in [0.5, 0.6) is 0 Å². The van der Waals surface area contributed by atoms with Gasteiger partial charge in [-0.3, -0.25) is 5.84 Å². The van der Waals surface area contributed by atoms with Gasteiger partial charge >= 0.3 is 0 Å². The summed E-state index contributed by atoms with van der Waals surface area (Å²) in [4.78, 5) is 2.55. The monoisotopic (exact) mass is 324 g/mol. The molecule has 2 aromatic rings. The topological polar surface area (TPSA) is 38.0 Å². The highest BCUT2D eigenvalue weighted by Gasteiger charge is 2.16. The Morgan fingerprint density at radius 3 is 2.22 bits per heavy atom. The molecule has 0 saturated heterocycles. The lowest BCUT2D eigenvalue weighted by atomic mass is 10.0. The van der Waals surface area contributed by atoms with Crippen LogP contribution < -0.4 is 11.3 Å². The molecule has 1 aromatic heterocycles. The molecule has 0 bridgehead atoms. The fraction of sp³-hybridized carbons (Fsp3) is 0.286. The van der Waals surface area contributed by atoms with E-state index in [0.717, 1.165) is 0 Å². The van der Waals surface area contributed by atoms with Crippen molar-refractivity contribution >= 4 is 27.3 Å². The fourth-order valence-electron chi connectivity index (χ4n) is 2.10. The first-order chi connectivity index (χ1) is 8.52. The van der Waals surface area contributed by atoms with E-state index in [9.17, 15) is 0 Å². The molecule has 0 saturated carbocycles. The van der Waals surface area contributed by atoms with E-state index in [1.165, 1.54) is 30.9 Å². The Kier molecular flexibility index (Phi) is 4.22. The van der Waals surface area contributed by atoms with Crippen LogP contribution in [-0.4, -0.2) is 0 Å². The van der Waals surface area contributed by atoms with Crippen molar-refractivity contribution in [2.24, 2.45) is 5.84 Å². The van der Waals surface area contributed by atoms with Gasteiger partial charge in [0.15, 0.2) is 0 Å². The molecule has 1 heterocycles. The van der Waals surface area contributed by atoms with Gasteiger partial charge in [-0.25, -0.2) is 5.43 Å². The average molecular weight is 325 g/mol. The predicted molar refractivity (Wildman–Crippen MR) is 81.8 cm³/mol. The van der Waals surface area contributed by atoms with Crippen LogP contribution in [0.3, 0.4) is 0 Å². The Hall–Kier alpha value is -0.680. The molecule has 0 spiro atoms. The van der Waals surface area contributed by atoms with E-state index in [0.29, 0.717) is 0 Å². The number of thiophene rings is 1. The minimum absolute atomic E-state index is 0.0641. The molecule has 96 valence electrons. The number of halogens is 1. The molecule has 1 unspecified atom stereocenters. The molecule has 1 atom stereocenters. The Balaban J connectivity index is 2.45. The van der Waals surface area contributed by atoms with Crippen LogP contribution in [0.1, 0.15) is 32.5 Å². The molecule has 0 amide bonds. The largest absolute Gasteiger partial charge is 0.271 e. The smallest absolute Gasteiger partial charge is 0.0802 e. The first-order valence-corrected chi connectivity index (χ1v) is 7.43. The molecule has 2 rings (SSSR count). The van der Waals surface area contributed by atoms with Gasteiger partial charge in [-0.05, 0) is 49.6 Å². The molecular formula is C14H17BrN2S. The van der Waals surface area contributed by atoms with E-state index in [2.05, 4.69) is 66.4 Å². The Morgan fingerprint density at radius 1 is 1.17 bits per heavy atom. The maximum Gasteiger partial charge on any atom is 0.0802 e. The molecule has 0 aliphatic carbocycles. The number of hydrazine groups is 1. The van der Waals surface area contributed by atoms with E-state index >= 15 is 0 Å². The van der Waals surface area contributed by atoms with Crippen molar-refractivity contribution in [2.45, 2.75) is 26.8 Å². The van der Waals surface area contributed by atoms with Gasteiger partial charge in [0, 0.05) is 14.2 Å². The van der Waals surface area contributed by atoms with Crippen molar-refractivity contribution in [1.29, 1.82) is 0 Å². The van der Waals surface area contributed by atoms with Gasteiger partial charge in [-0.15, -0.1) is 11.3 Å². The minimum Gasteiger partial charge on any atom is -0.271 e. The Morgan fingerprint density at radius 2 is 1.78 bits per heavy atom. The highest BCUT2D eigenvalue weighted by Crippen LogP contribution is 2.31. The van der Waals surface area contributed by atoms with Crippen molar-refractivity contribution in [1.82, 2.24) is 5.43 Å². The molecule has 0 fully saturated rings. The third-order valence-electron chi connectivity index (χ3n) is 3.00. The molecule has 4 heteroatoms. The average Bonchev–Trinajstić information content (AvgIpc) is 2.73. The van der Waals surface area contributed by atoms with Crippen molar-refractivity contribution in [2.75, 3.05) is 0 Å². The van der Waals surface area contributed by atoms with Crippen molar-refractivity contribution in [3.05, 3.63) is 55.2 Å². The number of hydrogen-bond acceptors (Lipinski definition) is 3. The van der Waals surface area contributed by atoms with Gasteiger partial charge in [-0.2, -0.15) is 0 Å². The zero-order valence-electron chi connectivity index (χ0n) is 10.8. The minimum atomic E-state index is 0.0641. The van der Waals surface area contributed by atoms with Gasteiger partial charge in [0.2, 0.25) is 0 Å². The summed E-state index contributed by atoms with van der Waals surface area (Å²) < 4.78 is 1.17. The van der Waals surface area contributed by atoms with E-state index in [-0.39, 0.29) is 6.04 Å². The van der Waals surface area contributed by atoms with Crippen LogP contribution in [0.25, 0.3) is 0 Å². The summed E-state index contributed by atoms with van der Waals surface area (Å²) in [6.07, 6.45) is 0. The standard InChI is InChI=1S/C14H17BrN2S/c1-8-6-11(7-9(2)13(8)15)14(17-16)12-5-4-10(3)18-12/h4-7,14,17H,16H2,1-3H3. The van der Waals surface area contributed by atoms with Gasteiger partial charge < -0.3 is 0 Å². The Labute approximate surface area is 120 Å².